The van der Waals surface area contributed by atoms with Gasteiger partial charge in [-0.05, 0) is 48.2 Å². The summed E-state index contributed by atoms with van der Waals surface area (Å²) < 4.78 is 7.23. The fraction of sp³-hybridized carbons (Fsp3) is 0.462. The van der Waals surface area contributed by atoms with Crippen molar-refractivity contribution >= 4 is 55.2 Å². The quantitative estimate of drug-likeness (QED) is 0.359. The first kappa shape index (κ1) is 25.4. The van der Waals surface area contributed by atoms with Crippen molar-refractivity contribution in [1.82, 2.24) is 4.90 Å². The first-order valence-corrected chi connectivity index (χ1v) is 16.3. The minimum absolute atomic E-state index is 0.133. The van der Waals surface area contributed by atoms with E-state index in [1.165, 1.54) is 33.0 Å². The number of benzene rings is 2. The molecule has 4 rings (SSSR count). The van der Waals surface area contributed by atoms with Crippen LogP contribution in [-0.4, -0.2) is 47.7 Å². The third-order valence-corrected chi connectivity index (χ3v) is 10.6. The Morgan fingerprint density at radius 3 is 2.47 bits per heavy atom. The lowest BCUT2D eigenvalue weighted by atomic mass is 9.66. The van der Waals surface area contributed by atoms with Gasteiger partial charge in [-0.1, -0.05) is 75.0 Å². The van der Waals surface area contributed by atoms with Gasteiger partial charge in [0.1, 0.15) is 5.37 Å². The summed E-state index contributed by atoms with van der Waals surface area (Å²) in [5, 5.41) is 12.2. The molecule has 0 aliphatic carbocycles. The third-order valence-electron chi connectivity index (χ3n) is 6.96. The van der Waals surface area contributed by atoms with Crippen molar-refractivity contribution in [2.75, 3.05) is 5.75 Å². The maximum absolute atomic E-state index is 13.4. The normalized spacial score (nSPS) is 22.2. The number of aryl methyl sites for hydroxylation is 1. The van der Waals surface area contributed by atoms with E-state index in [0.717, 1.165) is 16.4 Å². The molecule has 1 saturated heterocycles. The number of fused-ring (bicyclic) bond motifs is 2. The van der Waals surface area contributed by atoms with E-state index in [1.54, 1.807) is 11.8 Å². The Balaban J connectivity index is 1.54. The molecule has 1 N–H and O–H groups in total. The van der Waals surface area contributed by atoms with Crippen molar-refractivity contribution in [2.45, 2.75) is 58.2 Å². The molecule has 182 valence electrons. The molecular formula is C26H33NO4S2Si. The standard InChI is InChI=1S/C26H33NO4S2Si/c1-25(2,3)26(4,31-34(5)6)19-21(28)27-20(23(29)30)24(33-22(19)27)32-15-14-17-12-9-11-16-10-7-8-13-18(16)17/h7-13,19,22,34H,14-15H2,1-6H3,(H,29,30)/t19-,22-,26+/m1/s1. The van der Waals surface area contributed by atoms with Gasteiger partial charge in [-0.2, -0.15) is 0 Å². The number of carboxylic acids is 1. The summed E-state index contributed by atoms with van der Waals surface area (Å²) in [6, 6.07) is 14.6. The average Bonchev–Trinajstić information content (AvgIpc) is 3.07. The van der Waals surface area contributed by atoms with Crippen molar-refractivity contribution in [1.29, 1.82) is 0 Å². The predicted octanol–water partition coefficient (Wildman–Crippen LogP) is 5.71. The van der Waals surface area contributed by atoms with Crippen LogP contribution in [-0.2, 0) is 20.4 Å². The molecule has 0 unspecified atom stereocenters. The van der Waals surface area contributed by atoms with Gasteiger partial charge in [0.05, 0.1) is 15.8 Å². The van der Waals surface area contributed by atoms with E-state index in [4.69, 9.17) is 4.43 Å². The minimum atomic E-state index is -1.44. The second kappa shape index (κ2) is 9.37. The van der Waals surface area contributed by atoms with E-state index < -0.39 is 20.6 Å². The van der Waals surface area contributed by atoms with Gasteiger partial charge in [0.25, 0.3) is 0 Å². The van der Waals surface area contributed by atoms with Crippen LogP contribution in [0.25, 0.3) is 10.8 Å². The Hall–Kier alpha value is -1.74. The highest BCUT2D eigenvalue weighted by atomic mass is 32.2. The van der Waals surface area contributed by atoms with E-state index in [2.05, 4.69) is 64.2 Å². The zero-order valence-electron chi connectivity index (χ0n) is 20.6. The molecule has 0 radical (unpaired) electrons. The summed E-state index contributed by atoms with van der Waals surface area (Å²) in [6.45, 7) is 12.6. The third kappa shape index (κ3) is 4.34. The molecule has 1 fully saturated rings. The Labute approximate surface area is 212 Å². The summed E-state index contributed by atoms with van der Waals surface area (Å²) >= 11 is 3.06. The number of β-lactam (4-membered cyclic amide) rings is 1. The van der Waals surface area contributed by atoms with Gasteiger partial charge >= 0.3 is 5.97 Å². The zero-order valence-corrected chi connectivity index (χ0v) is 23.4. The lowest BCUT2D eigenvalue weighted by Crippen LogP contribution is -2.69. The average molecular weight is 516 g/mol. The van der Waals surface area contributed by atoms with E-state index in [9.17, 15) is 14.7 Å². The molecule has 34 heavy (non-hydrogen) atoms. The lowest BCUT2D eigenvalue weighted by molar-refractivity contribution is -0.173. The van der Waals surface area contributed by atoms with Crippen molar-refractivity contribution < 1.29 is 19.1 Å². The van der Waals surface area contributed by atoms with Crippen LogP contribution in [0.1, 0.15) is 33.3 Å². The van der Waals surface area contributed by atoms with Crippen molar-refractivity contribution in [3.8, 4) is 0 Å². The maximum Gasteiger partial charge on any atom is 0.354 e. The Kier molecular flexibility index (Phi) is 6.99. The maximum atomic E-state index is 13.4. The zero-order chi connectivity index (χ0) is 24.8. The summed E-state index contributed by atoms with van der Waals surface area (Å²) in [5.41, 5.74) is 0.479. The molecule has 2 aliphatic rings. The fourth-order valence-corrected chi connectivity index (χ4v) is 9.33. The summed E-state index contributed by atoms with van der Waals surface area (Å²) in [7, 11) is -1.44. The van der Waals surface area contributed by atoms with Gasteiger partial charge < -0.3 is 9.53 Å². The molecule has 1 amide bonds. The number of aliphatic carboxylic acids is 1. The molecule has 2 aliphatic heterocycles. The van der Waals surface area contributed by atoms with Crippen LogP contribution in [0.15, 0.2) is 52.4 Å². The lowest BCUT2D eigenvalue weighted by Gasteiger charge is -2.56. The molecule has 3 atom stereocenters. The number of thioether (sulfide) groups is 2. The van der Waals surface area contributed by atoms with Crippen LogP contribution < -0.4 is 0 Å². The number of amides is 1. The number of carbonyl (C=O) groups is 2. The topological polar surface area (TPSA) is 66.8 Å². The molecule has 2 aromatic rings. The molecule has 0 aromatic heterocycles. The first-order valence-electron chi connectivity index (χ1n) is 11.7. The molecule has 5 nitrogen and oxygen atoms in total. The highest BCUT2D eigenvalue weighted by Crippen LogP contribution is 2.58. The van der Waals surface area contributed by atoms with Gasteiger partial charge in [-0.3, -0.25) is 9.69 Å². The van der Waals surface area contributed by atoms with E-state index in [1.807, 2.05) is 19.1 Å². The highest BCUT2D eigenvalue weighted by molar-refractivity contribution is 8.22. The monoisotopic (exact) mass is 515 g/mol. The van der Waals surface area contributed by atoms with Crippen molar-refractivity contribution in [3.63, 3.8) is 0 Å². The van der Waals surface area contributed by atoms with Gasteiger partial charge in [0, 0.05) is 5.75 Å². The Morgan fingerprint density at radius 1 is 1.15 bits per heavy atom. The number of hydrogen-bond acceptors (Lipinski definition) is 5. The molecule has 8 heteroatoms. The molecule has 0 saturated carbocycles. The van der Waals surface area contributed by atoms with Gasteiger partial charge in [0.15, 0.2) is 14.7 Å². The fourth-order valence-electron chi connectivity index (χ4n) is 4.86. The van der Waals surface area contributed by atoms with E-state index in [-0.39, 0.29) is 28.3 Å². The van der Waals surface area contributed by atoms with Crippen LogP contribution in [0.5, 0.6) is 0 Å². The van der Waals surface area contributed by atoms with Crippen LogP contribution in [0.2, 0.25) is 13.1 Å². The summed E-state index contributed by atoms with van der Waals surface area (Å²) in [4.78, 5) is 27.0. The van der Waals surface area contributed by atoms with E-state index >= 15 is 0 Å². The molecular weight excluding hydrogens is 483 g/mol. The number of nitrogens with zero attached hydrogens (tertiary/aromatic N) is 1. The summed E-state index contributed by atoms with van der Waals surface area (Å²) in [5.74, 6) is -0.783. The number of rotatable bonds is 8. The first-order chi connectivity index (χ1) is 16.0. The van der Waals surface area contributed by atoms with Gasteiger partial charge in [0.2, 0.25) is 5.91 Å². The highest BCUT2D eigenvalue weighted by Gasteiger charge is 2.65. The molecule has 0 spiro atoms. The van der Waals surface area contributed by atoms with Crippen LogP contribution >= 0.6 is 23.5 Å². The second-order valence-corrected chi connectivity index (χ2v) is 15.2. The van der Waals surface area contributed by atoms with Crippen molar-refractivity contribution in [3.05, 3.63) is 58.0 Å². The van der Waals surface area contributed by atoms with Crippen LogP contribution in [0.3, 0.4) is 0 Å². The SMILES string of the molecule is C[SiH](C)O[C@@](C)([C@@H]1C(=O)N2C(C(=O)O)=C(SCCc3cccc4ccccc34)S[C@H]12)C(C)(C)C. The molecule has 0 bridgehead atoms. The largest absolute Gasteiger partial charge is 0.477 e. The number of hydrogen-bond donors (Lipinski definition) is 1. The smallest absolute Gasteiger partial charge is 0.354 e. The summed E-state index contributed by atoms with van der Waals surface area (Å²) in [6.07, 6.45) is 0.826. The predicted molar refractivity (Wildman–Crippen MR) is 144 cm³/mol. The Morgan fingerprint density at radius 2 is 1.82 bits per heavy atom. The van der Waals surface area contributed by atoms with Crippen LogP contribution in [0, 0.1) is 11.3 Å². The molecule has 2 aromatic carbocycles. The van der Waals surface area contributed by atoms with Gasteiger partial charge in [-0.15, -0.1) is 11.8 Å². The van der Waals surface area contributed by atoms with Crippen LogP contribution in [0.4, 0.5) is 0 Å². The number of carbonyl (C=O) groups excluding carboxylic acids is 1. The van der Waals surface area contributed by atoms with E-state index in [0.29, 0.717) is 0 Å². The number of carboxylic acid groups (broad SMARTS) is 1. The molecule has 2 heterocycles. The Bertz CT molecular complexity index is 1150. The van der Waals surface area contributed by atoms with Gasteiger partial charge in [-0.25, -0.2) is 4.79 Å². The second-order valence-electron chi connectivity index (χ2n) is 10.4. The van der Waals surface area contributed by atoms with Crippen molar-refractivity contribution in [2.24, 2.45) is 11.3 Å². The minimum Gasteiger partial charge on any atom is -0.477 e.